The molecule has 7 heterocycles. The first-order valence-corrected chi connectivity index (χ1v) is 39.0. The van der Waals surface area contributed by atoms with Crippen LogP contribution in [0.4, 0.5) is 34.1 Å². The summed E-state index contributed by atoms with van der Waals surface area (Å²) in [5, 5.41) is 11.7. The SMILES string of the molecule is CC(C)(C)c1ccc2c(c1)c1cc(C(C)(C)C)ccc1n2-c1ccc2c(c1)B1c3cc(-n4c5ccc(C(C)(C)C)cc5c5cc(C(C)(C)C)ccc54)ccc3N(c3cc(-c4ccccc4)cc4oc5ccccc5c34)c3c1c(cc1c3sc3ccccc31)N2c1cc(-c2ccccc2)cc2oc3ccccc3c12. The Morgan fingerprint density at radius 2 is 0.676 bits per heavy atom. The lowest BCUT2D eigenvalue weighted by atomic mass is 9.33. The molecule has 0 spiro atoms. The molecular formula is C100H81BN4O2S. The Kier molecular flexibility index (Phi) is 13.7. The van der Waals surface area contributed by atoms with E-state index in [2.05, 4.69) is 375 Å². The molecule has 21 rings (SSSR count). The fraction of sp³-hybridized carbons (Fsp3) is 0.160. The third-order valence-corrected chi connectivity index (χ3v) is 24.9. The van der Waals surface area contributed by atoms with Crippen LogP contribution < -0.4 is 26.2 Å². The van der Waals surface area contributed by atoms with E-state index in [0.29, 0.717) is 0 Å². The second kappa shape index (κ2) is 22.9. The highest BCUT2D eigenvalue weighted by Gasteiger charge is 2.47. The largest absolute Gasteiger partial charge is 0.456 e. The van der Waals surface area contributed by atoms with Crippen LogP contribution in [-0.4, -0.2) is 15.8 Å². The molecule has 0 saturated carbocycles. The minimum Gasteiger partial charge on any atom is -0.456 e. The summed E-state index contributed by atoms with van der Waals surface area (Å²) in [7, 11) is 0. The lowest BCUT2D eigenvalue weighted by Gasteiger charge is -2.45. The van der Waals surface area contributed by atoms with Gasteiger partial charge in [0.15, 0.2) is 0 Å². The summed E-state index contributed by atoms with van der Waals surface area (Å²) in [6.07, 6.45) is 0. The first kappa shape index (κ1) is 64.5. The highest BCUT2D eigenvalue weighted by molar-refractivity contribution is 7.26. The van der Waals surface area contributed by atoms with Gasteiger partial charge < -0.3 is 27.8 Å². The minimum atomic E-state index is -0.342. The lowest BCUT2D eigenvalue weighted by molar-refractivity contribution is 0.590. The molecule has 2 aliphatic heterocycles. The Labute approximate surface area is 633 Å². The van der Waals surface area contributed by atoms with Gasteiger partial charge in [0.25, 0.3) is 6.71 Å². The summed E-state index contributed by atoms with van der Waals surface area (Å²) in [6, 6.07) is 104. The van der Waals surface area contributed by atoms with Crippen LogP contribution in [0.3, 0.4) is 0 Å². The van der Waals surface area contributed by atoms with E-state index >= 15 is 0 Å². The normalized spacial score (nSPS) is 13.5. The maximum atomic E-state index is 7.19. The Morgan fingerprint density at radius 1 is 0.287 bits per heavy atom. The van der Waals surface area contributed by atoms with Crippen molar-refractivity contribution in [1.82, 2.24) is 9.13 Å². The van der Waals surface area contributed by atoms with Gasteiger partial charge in [-0.3, -0.25) is 0 Å². The topological polar surface area (TPSA) is 42.6 Å². The number of fused-ring (bicyclic) bond motifs is 20. The molecule has 8 heteroatoms. The van der Waals surface area contributed by atoms with Crippen molar-refractivity contribution in [3.8, 4) is 33.6 Å². The molecule has 0 amide bonds. The summed E-state index contributed by atoms with van der Waals surface area (Å²) in [5.74, 6) is 0. The molecule has 0 saturated heterocycles. The maximum Gasteiger partial charge on any atom is 0.252 e. The first-order chi connectivity index (χ1) is 52.1. The molecule has 0 fully saturated rings. The summed E-state index contributed by atoms with van der Waals surface area (Å²) in [5.41, 5.74) is 29.8. The molecule has 522 valence electrons. The number of nitrogens with zero attached hydrogens (tertiary/aromatic N) is 4. The predicted octanol–water partition coefficient (Wildman–Crippen LogP) is 26.7. The average Bonchev–Trinajstić information content (AvgIpc) is 1.30. The van der Waals surface area contributed by atoms with Crippen LogP contribution in [0.15, 0.2) is 282 Å². The summed E-state index contributed by atoms with van der Waals surface area (Å²) < 4.78 is 21.9. The molecule has 0 bridgehead atoms. The Bertz CT molecular complexity index is 6750. The highest BCUT2D eigenvalue weighted by Crippen LogP contribution is 2.56. The fourth-order valence-electron chi connectivity index (χ4n) is 18.1. The monoisotopic (exact) mass is 1410 g/mol. The van der Waals surface area contributed by atoms with E-state index in [0.717, 1.165) is 112 Å². The average molecular weight is 1410 g/mol. The van der Waals surface area contributed by atoms with Crippen molar-refractivity contribution < 1.29 is 8.83 Å². The summed E-state index contributed by atoms with van der Waals surface area (Å²) in [6.45, 7) is 27.6. The van der Waals surface area contributed by atoms with Gasteiger partial charge in [-0.15, -0.1) is 11.3 Å². The standard InChI is InChI=1S/C100H81BN4O2S/c1-97(2,3)62-35-41-78-71(51-62)72-52-63(98(4,5)6)36-42-79(72)102(78)66-39-45-82-76(55-66)101-77-56-67(103-80-43-37-64(99(7,8)9)53-73(80)74-54-65(100(10,11)12)38-44-81(74)103)40-46-83(77)105(85-48-61(59-27-17-14-18-28-59)50-90-93(85)70-31-20-23-33-88(70)107-90)95-94(101)86(57-75-68-29-21-24-34-91(68)108-96(75)95)104(82)84-47-60(58-25-15-13-16-26-58)49-89-92(84)69-30-19-22-32-87(69)106-89/h13-57H,1-12H3. The van der Waals surface area contributed by atoms with Crippen molar-refractivity contribution in [3.63, 3.8) is 0 Å². The minimum absolute atomic E-state index is 0.0710. The van der Waals surface area contributed by atoms with Crippen LogP contribution >= 0.6 is 11.3 Å². The third kappa shape index (κ3) is 9.64. The maximum absolute atomic E-state index is 7.19. The van der Waals surface area contributed by atoms with Gasteiger partial charge in [0.05, 0.1) is 54.6 Å². The highest BCUT2D eigenvalue weighted by atomic mass is 32.1. The van der Waals surface area contributed by atoms with Crippen molar-refractivity contribution in [2.24, 2.45) is 0 Å². The number of rotatable bonds is 6. The molecule has 5 aromatic heterocycles. The number of benzene rings is 14. The number of para-hydroxylation sites is 2. The molecule has 0 atom stereocenters. The molecular weight excluding hydrogens is 1330 g/mol. The molecule has 0 N–H and O–H groups in total. The molecule has 0 aliphatic carbocycles. The Morgan fingerprint density at radius 3 is 1.11 bits per heavy atom. The van der Waals surface area contributed by atoms with Crippen LogP contribution in [0.1, 0.15) is 105 Å². The first-order valence-electron chi connectivity index (χ1n) is 38.1. The van der Waals surface area contributed by atoms with Gasteiger partial charge in [-0.05, 0) is 216 Å². The zero-order valence-electron chi connectivity index (χ0n) is 63.1. The molecule has 0 radical (unpaired) electrons. The van der Waals surface area contributed by atoms with Gasteiger partial charge >= 0.3 is 0 Å². The van der Waals surface area contributed by atoms with Crippen LogP contribution in [-0.2, 0) is 21.7 Å². The van der Waals surface area contributed by atoms with Crippen molar-refractivity contribution >= 4 is 176 Å². The van der Waals surface area contributed by atoms with E-state index in [4.69, 9.17) is 8.83 Å². The second-order valence-corrected chi connectivity index (χ2v) is 35.5. The number of hydrogen-bond donors (Lipinski definition) is 0. The summed E-state index contributed by atoms with van der Waals surface area (Å²) in [4.78, 5) is 5.33. The number of aromatic nitrogens is 2. The van der Waals surface area contributed by atoms with E-state index in [1.54, 1.807) is 0 Å². The number of furan rings is 2. The third-order valence-electron chi connectivity index (χ3n) is 23.7. The van der Waals surface area contributed by atoms with Crippen LogP contribution in [0.25, 0.3) is 141 Å². The van der Waals surface area contributed by atoms with Gasteiger partial charge in [0, 0.05) is 76.2 Å². The van der Waals surface area contributed by atoms with Gasteiger partial charge in [-0.25, -0.2) is 0 Å². The zero-order valence-corrected chi connectivity index (χ0v) is 63.9. The van der Waals surface area contributed by atoms with Gasteiger partial charge in [0.1, 0.15) is 22.3 Å². The Balaban J connectivity index is 0.951. The predicted molar refractivity (Wildman–Crippen MR) is 462 cm³/mol. The van der Waals surface area contributed by atoms with E-state index in [1.165, 1.54) is 102 Å². The van der Waals surface area contributed by atoms with E-state index in [-0.39, 0.29) is 28.4 Å². The van der Waals surface area contributed by atoms with Gasteiger partial charge in [-0.2, -0.15) is 0 Å². The van der Waals surface area contributed by atoms with Crippen molar-refractivity contribution in [1.29, 1.82) is 0 Å². The quantitative estimate of drug-likeness (QED) is 0.156. The van der Waals surface area contributed by atoms with Crippen molar-refractivity contribution in [2.75, 3.05) is 9.80 Å². The molecule has 19 aromatic rings. The van der Waals surface area contributed by atoms with E-state index in [1.807, 2.05) is 11.3 Å². The smallest absolute Gasteiger partial charge is 0.252 e. The van der Waals surface area contributed by atoms with Crippen molar-refractivity contribution in [2.45, 2.75) is 105 Å². The fourth-order valence-corrected chi connectivity index (χ4v) is 19.3. The zero-order chi connectivity index (χ0) is 73.3. The molecule has 6 nitrogen and oxygen atoms in total. The van der Waals surface area contributed by atoms with Crippen LogP contribution in [0.5, 0.6) is 0 Å². The molecule has 2 aliphatic rings. The van der Waals surface area contributed by atoms with Gasteiger partial charge in [-0.1, -0.05) is 223 Å². The second-order valence-electron chi connectivity index (χ2n) is 34.5. The van der Waals surface area contributed by atoms with Gasteiger partial charge in [0.2, 0.25) is 0 Å². The number of hydrogen-bond acceptors (Lipinski definition) is 5. The van der Waals surface area contributed by atoms with E-state index < -0.39 is 0 Å². The molecule has 108 heavy (non-hydrogen) atoms. The van der Waals surface area contributed by atoms with Crippen LogP contribution in [0, 0.1) is 0 Å². The van der Waals surface area contributed by atoms with E-state index in [9.17, 15) is 0 Å². The number of anilines is 6. The lowest BCUT2D eigenvalue weighted by Crippen LogP contribution is -2.61. The summed E-state index contributed by atoms with van der Waals surface area (Å²) >= 11 is 1.90. The van der Waals surface area contributed by atoms with Crippen molar-refractivity contribution in [3.05, 3.63) is 295 Å². The molecule has 0 unspecified atom stereocenters. The molecule has 14 aromatic carbocycles. The number of thiophene rings is 1. The Hall–Kier alpha value is -11.8. The van der Waals surface area contributed by atoms with Crippen LogP contribution in [0.2, 0.25) is 0 Å².